The quantitative estimate of drug-likeness (QED) is 0.206. The lowest BCUT2D eigenvalue weighted by molar-refractivity contribution is -0.127. The van der Waals surface area contributed by atoms with Gasteiger partial charge in [-0.1, -0.05) is 18.0 Å². The number of amidine groups is 1. The number of amides is 1. The Morgan fingerprint density at radius 1 is 1.42 bits per heavy atom. The topological polar surface area (TPSA) is 122 Å². The molecule has 1 saturated carbocycles. The molecule has 0 saturated heterocycles. The minimum absolute atomic E-state index is 0.0316. The standard InChI is InChI=1S/C11H21N3O4S/c1-19(17,18)8-4-7-13-10(15)11(9(12)14-16)5-2-3-6-11/h16H,2-8H2,1H3,(H2,12,14)(H,13,15). The number of sulfone groups is 1. The highest BCUT2D eigenvalue weighted by Crippen LogP contribution is 2.38. The van der Waals surface area contributed by atoms with Crippen molar-refractivity contribution in [1.29, 1.82) is 0 Å². The molecule has 1 aliphatic rings. The zero-order valence-electron chi connectivity index (χ0n) is 11.1. The van der Waals surface area contributed by atoms with E-state index in [4.69, 9.17) is 10.9 Å². The molecule has 0 aromatic carbocycles. The van der Waals surface area contributed by atoms with Crippen molar-refractivity contribution in [2.45, 2.75) is 32.1 Å². The van der Waals surface area contributed by atoms with Crippen molar-refractivity contribution in [2.75, 3.05) is 18.6 Å². The number of nitrogens with zero attached hydrogens (tertiary/aromatic N) is 1. The number of hydrogen-bond donors (Lipinski definition) is 3. The predicted molar refractivity (Wildman–Crippen MR) is 71.6 cm³/mol. The minimum atomic E-state index is -3.02. The maximum Gasteiger partial charge on any atom is 0.233 e. The number of rotatable bonds is 6. The van der Waals surface area contributed by atoms with Crippen molar-refractivity contribution in [3.8, 4) is 0 Å². The maximum atomic E-state index is 12.2. The molecule has 0 radical (unpaired) electrons. The molecule has 0 unspecified atom stereocenters. The van der Waals surface area contributed by atoms with Gasteiger partial charge in [-0.2, -0.15) is 0 Å². The van der Waals surface area contributed by atoms with E-state index in [1.165, 1.54) is 0 Å². The molecule has 110 valence electrons. The Bertz CT molecular complexity index is 453. The van der Waals surface area contributed by atoms with Crippen LogP contribution in [0.1, 0.15) is 32.1 Å². The number of oxime groups is 1. The van der Waals surface area contributed by atoms with Gasteiger partial charge in [0.25, 0.3) is 0 Å². The van der Waals surface area contributed by atoms with Crippen molar-refractivity contribution >= 4 is 21.6 Å². The second-order valence-electron chi connectivity index (χ2n) is 5.01. The Hall–Kier alpha value is -1.31. The molecule has 0 spiro atoms. The summed E-state index contributed by atoms with van der Waals surface area (Å²) in [4.78, 5) is 12.2. The van der Waals surface area contributed by atoms with E-state index in [1.807, 2.05) is 0 Å². The molecule has 0 aliphatic heterocycles. The first kappa shape index (κ1) is 15.7. The van der Waals surface area contributed by atoms with Gasteiger partial charge in [-0.05, 0) is 19.3 Å². The van der Waals surface area contributed by atoms with Crippen LogP contribution >= 0.6 is 0 Å². The first-order valence-corrected chi connectivity index (χ1v) is 8.32. The van der Waals surface area contributed by atoms with Crippen LogP contribution in [-0.2, 0) is 14.6 Å². The highest BCUT2D eigenvalue weighted by atomic mass is 32.2. The Balaban J connectivity index is 2.55. The van der Waals surface area contributed by atoms with E-state index in [0.717, 1.165) is 19.1 Å². The highest BCUT2D eigenvalue weighted by molar-refractivity contribution is 7.90. The van der Waals surface area contributed by atoms with Crippen LogP contribution in [0.5, 0.6) is 0 Å². The van der Waals surface area contributed by atoms with Gasteiger partial charge in [0, 0.05) is 12.8 Å². The third kappa shape index (κ3) is 4.09. The van der Waals surface area contributed by atoms with Gasteiger partial charge in [0.15, 0.2) is 5.84 Å². The zero-order chi connectivity index (χ0) is 14.5. The van der Waals surface area contributed by atoms with Crippen LogP contribution in [0.2, 0.25) is 0 Å². The van der Waals surface area contributed by atoms with E-state index in [-0.39, 0.29) is 24.0 Å². The third-order valence-electron chi connectivity index (χ3n) is 3.47. The number of nitrogens with two attached hydrogens (primary N) is 1. The lowest BCUT2D eigenvalue weighted by atomic mass is 9.84. The van der Waals surface area contributed by atoms with Crippen molar-refractivity contribution < 1.29 is 18.4 Å². The van der Waals surface area contributed by atoms with Gasteiger partial charge >= 0.3 is 0 Å². The molecule has 8 heteroatoms. The van der Waals surface area contributed by atoms with E-state index < -0.39 is 15.3 Å². The first-order valence-electron chi connectivity index (χ1n) is 6.26. The number of carbonyl (C=O) groups is 1. The molecule has 1 aliphatic carbocycles. The summed E-state index contributed by atoms with van der Waals surface area (Å²) in [6.07, 6.45) is 4.34. The second-order valence-corrected chi connectivity index (χ2v) is 7.27. The van der Waals surface area contributed by atoms with Crippen LogP contribution in [0.25, 0.3) is 0 Å². The van der Waals surface area contributed by atoms with Crippen LogP contribution in [-0.4, -0.2) is 43.9 Å². The predicted octanol–water partition coefficient (Wildman–Crippen LogP) is -0.156. The molecule has 1 fully saturated rings. The first-order chi connectivity index (χ1) is 8.82. The monoisotopic (exact) mass is 291 g/mol. The molecular formula is C11H21N3O4S. The van der Waals surface area contributed by atoms with Gasteiger partial charge in [-0.3, -0.25) is 4.79 Å². The molecule has 7 nitrogen and oxygen atoms in total. The average Bonchev–Trinajstić information content (AvgIpc) is 2.82. The molecule has 0 atom stereocenters. The minimum Gasteiger partial charge on any atom is -0.409 e. The van der Waals surface area contributed by atoms with E-state index >= 15 is 0 Å². The number of nitrogens with one attached hydrogen (secondary N) is 1. The normalized spacial score (nSPS) is 19.3. The largest absolute Gasteiger partial charge is 0.409 e. The lowest BCUT2D eigenvalue weighted by Gasteiger charge is -2.25. The molecule has 19 heavy (non-hydrogen) atoms. The Labute approximate surface area is 113 Å². The summed E-state index contributed by atoms with van der Waals surface area (Å²) in [6, 6.07) is 0. The molecule has 0 heterocycles. The van der Waals surface area contributed by atoms with Crippen molar-refractivity contribution in [2.24, 2.45) is 16.3 Å². The highest BCUT2D eigenvalue weighted by Gasteiger charge is 2.45. The number of carbonyl (C=O) groups excluding carboxylic acids is 1. The third-order valence-corrected chi connectivity index (χ3v) is 4.50. The van der Waals surface area contributed by atoms with Crippen molar-refractivity contribution in [1.82, 2.24) is 5.32 Å². The van der Waals surface area contributed by atoms with E-state index in [9.17, 15) is 13.2 Å². The summed E-state index contributed by atoms with van der Waals surface area (Å²) in [5.41, 5.74) is 4.70. The summed E-state index contributed by atoms with van der Waals surface area (Å²) in [5, 5.41) is 14.4. The van der Waals surface area contributed by atoms with Crippen LogP contribution in [0.3, 0.4) is 0 Å². The summed E-state index contributed by atoms with van der Waals surface area (Å²) >= 11 is 0. The van der Waals surface area contributed by atoms with Crippen LogP contribution in [0.15, 0.2) is 5.16 Å². The van der Waals surface area contributed by atoms with E-state index in [2.05, 4.69) is 10.5 Å². The zero-order valence-corrected chi connectivity index (χ0v) is 11.9. The lowest BCUT2D eigenvalue weighted by Crippen LogP contribution is -2.48. The smallest absolute Gasteiger partial charge is 0.233 e. The summed E-state index contributed by atoms with van der Waals surface area (Å²) in [7, 11) is -3.02. The van der Waals surface area contributed by atoms with Gasteiger partial charge in [0.1, 0.15) is 15.3 Å². The molecule has 0 aromatic rings. The fraction of sp³-hybridized carbons (Fsp3) is 0.818. The average molecular weight is 291 g/mol. The Morgan fingerprint density at radius 2 is 2.00 bits per heavy atom. The van der Waals surface area contributed by atoms with Crippen molar-refractivity contribution in [3.63, 3.8) is 0 Å². The van der Waals surface area contributed by atoms with Gasteiger partial charge < -0.3 is 16.3 Å². The SMILES string of the molecule is CS(=O)(=O)CCCNC(=O)C1(C(N)=NO)CCCC1. The van der Waals surface area contributed by atoms with Crippen molar-refractivity contribution in [3.05, 3.63) is 0 Å². The van der Waals surface area contributed by atoms with Gasteiger partial charge in [0.2, 0.25) is 5.91 Å². The molecule has 1 rings (SSSR count). The van der Waals surface area contributed by atoms with E-state index in [1.54, 1.807) is 0 Å². The molecule has 4 N–H and O–H groups in total. The van der Waals surface area contributed by atoms with Crippen LogP contribution in [0, 0.1) is 5.41 Å². The van der Waals surface area contributed by atoms with E-state index in [0.29, 0.717) is 19.3 Å². The molecular weight excluding hydrogens is 270 g/mol. The fourth-order valence-corrected chi connectivity index (χ4v) is 3.05. The summed E-state index contributed by atoms with van der Waals surface area (Å²) < 4.78 is 21.9. The molecule has 1 amide bonds. The molecule has 0 bridgehead atoms. The second kappa shape index (κ2) is 6.23. The van der Waals surface area contributed by atoms with Crippen LogP contribution < -0.4 is 11.1 Å². The Morgan fingerprint density at radius 3 is 2.47 bits per heavy atom. The van der Waals surface area contributed by atoms with Gasteiger partial charge in [-0.15, -0.1) is 0 Å². The number of hydrogen-bond acceptors (Lipinski definition) is 5. The maximum absolute atomic E-state index is 12.2. The van der Waals surface area contributed by atoms with Gasteiger partial charge in [0.05, 0.1) is 5.75 Å². The summed E-state index contributed by atoms with van der Waals surface area (Å²) in [6.45, 7) is 0.270. The van der Waals surface area contributed by atoms with Crippen LogP contribution in [0.4, 0.5) is 0 Å². The van der Waals surface area contributed by atoms with Gasteiger partial charge in [-0.25, -0.2) is 8.42 Å². The Kier molecular flexibility index (Phi) is 5.16. The summed E-state index contributed by atoms with van der Waals surface area (Å²) in [5.74, 6) is -0.316. The molecule has 0 aromatic heterocycles. The fourth-order valence-electron chi connectivity index (χ4n) is 2.38.